The third kappa shape index (κ3) is 2.31. The van der Waals surface area contributed by atoms with Gasteiger partial charge in [0.05, 0.1) is 22.2 Å². The third-order valence-electron chi connectivity index (χ3n) is 4.17. The number of aliphatic carboxylic acids is 1. The second kappa shape index (κ2) is 5.14. The lowest BCUT2D eigenvalue weighted by atomic mass is 9.99. The summed E-state index contributed by atoms with van der Waals surface area (Å²) in [6.07, 6.45) is 0. The minimum absolute atomic E-state index is 0.180. The molecule has 1 aromatic heterocycles. The maximum Gasteiger partial charge on any atom is 0.308 e. The number of rotatable bonds is 3. The molecule has 0 aliphatic carbocycles. The minimum Gasteiger partial charge on any atom is -0.481 e. The Labute approximate surface area is 122 Å². The zero-order valence-electron chi connectivity index (χ0n) is 11.6. The number of carbonyl (C=O) groups is 1. The number of aromatic nitrogens is 1. The molecule has 2 aromatic rings. The van der Waals surface area contributed by atoms with Crippen molar-refractivity contribution < 1.29 is 9.90 Å². The van der Waals surface area contributed by atoms with E-state index in [1.807, 2.05) is 25.1 Å². The van der Waals surface area contributed by atoms with E-state index in [0.29, 0.717) is 6.54 Å². The first-order chi connectivity index (χ1) is 9.56. The van der Waals surface area contributed by atoms with Crippen molar-refractivity contribution in [2.75, 3.05) is 13.1 Å². The quantitative estimate of drug-likeness (QED) is 0.944. The van der Waals surface area contributed by atoms with Gasteiger partial charge in [-0.3, -0.25) is 9.69 Å². The van der Waals surface area contributed by atoms with E-state index in [9.17, 15) is 9.90 Å². The number of para-hydroxylation sites is 1. The summed E-state index contributed by atoms with van der Waals surface area (Å²) >= 11 is 1.70. The van der Waals surface area contributed by atoms with E-state index in [-0.39, 0.29) is 17.9 Å². The molecule has 0 radical (unpaired) electrons. The van der Waals surface area contributed by atoms with Gasteiger partial charge in [-0.1, -0.05) is 19.1 Å². The van der Waals surface area contributed by atoms with Crippen LogP contribution in [0.2, 0.25) is 0 Å². The topological polar surface area (TPSA) is 53.4 Å². The van der Waals surface area contributed by atoms with Crippen LogP contribution in [0, 0.1) is 11.8 Å². The van der Waals surface area contributed by atoms with Crippen LogP contribution in [-0.4, -0.2) is 34.0 Å². The average molecular weight is 290 g/mol. The van der Waals surface area contributed by atoms with Crippen molar-refractivity contribution in [2.24, 2.45) is 11.8 Å². The first-order valence-electron chi connectivity index (χ1n) is 6.88. The van der Waals surface area contributed by atoms with Gasteiger partial charge in [-0.2, -0.15) is 0 Å². The molecule has 0 amide bonds. The lowest BCUT2D eigenvalue weighted by molar-refractivity contribution is -0.142. The number of carboxylic acid groups (broad SMARTS) is 1. The van der Waals surface area contributed by atoms with Crippen molar-refractivity contribution >= 4 is 27.5 Å². The number of thiazole rings is 1. The molecule has 1 aromatic carbocycles. The Kier molecular flexibility index (Phi) is 3.48. The highest BCUT2D eigenvalue weighted by Crippen LogP contribution is 2.34. The van der Waals surface area contributed by atoms with E-state index >= 15 is 0 Å². The fourth-order valence-electron chi connectivity index (χ4n) is 2.87. The van der Waals surface area contributed by atoms with E-state index in [1.54, 1.807) is 11.3 Å². The molecule has 1 saturated heterocycles. The summed E-state index contributed by atoms with van der Waals surface area (Å²) < 4.78 is 1.19. The summed E-state index contributed by atoms with van der Waals surface area (Å²) in [7, 11) is 0. The summed E-state index contributed by atoms with van der Waals surface area (Å²) in [4.78, 5) is 18.1. The second-order valence-corrected chi connectivity index (χ2v) is 6.63. The molecule has 5 heteroatoms. The zero-order chi connectivity index (χ0) is 14.3. The largest absolute Gasteiger partial charge is 0.481 e. The number of carboxylic acids is 1. The number of likely N-dealkylation sites (tertiary alicyclic amines) is 1. The normalized spacial score (nSPS) is 25.1. The third-order valence-corrected chi connectivity index (χ3v) is 5.38. The molecule has 1 unspecified atom stereocenters. The number of hydrogen-bond donors (Lipinski definition) is 1. The van der Waals surface area contributed by atoms with Crippen LogP contribution >= 0.6 is 11.3 Å². The molecule has 0 bridgehead atoms. The van der Waals surface area contributed by atoms with Gasteiger partial charge in [-0.15, -0.1) is 11.3 Å². The summed E-state index contributed by atoms with van der Waals surface area (Å²) in [5.74, 6) is -0.743. The molecule has 1 aliphatic heterocycles. The highest BCUT2D eigenvalue weighted by molar-refractivity contribution is 7.18. The van der Waals surface area contributed by atoms with E-state index in [1.165, 1.54) is 4.70 Å². The van der Waals surface area contributed by atoms with Gasteiger partial charge in [0, 0.05) is 13.1 Å². The molecule has 20 heavy (non-hydrogen) atoms. The smallest absolute Gasteiger partial charge is 0.308 e. The van der Waals surface area contributed by atoms with Crippen LogP contribution < -0.4 is 0 Å². The molecular formula is C15H18N2O2S. The maximum absolute atomic E-state index is 11.2. The molecule has 0 saturated carbocycles. The Morgan fingerprint density at radius 1 is 1.45 bits per heavy atom. The van der Waals surface area contributed by atoms with Crippen molar-refractivity contribution in [3.63, 3.8) is 0 Å². The van der Waals surface area contributed by atoms with Crippen LogP contribution in [0.5, 0.6) is 0 Å². The molecular weight excluding hydrogens is 272 g/mol. The first kappa shape index (κ1) is 13.5. The van der Waals surface area contributed by atoms with Gasteiger partial charge in [-0.25, -0.2) is 4.98 Å². The zero-order valence-corrected chi connectivity index (χ0v) is 12.4. The molecule has 106 valence electrons. The summed E-state index contributed by atoms with van der Waals surface area (Å²) in [6.45, 7) is 5.58. The predicted molar refractivity (Wildman–Crippen MR) is 79.9 cm³/mol. The van der Waals surface area contributed by atoms with Crippen LogP contribution in [0.3, 0.4) is 0 Å². The van der Waals surface area contributed by atoms with Gasteiger partial charge in [0.15, 0.2) is 0 Å². The Morgan fingerprint density at radius 2 is 2.20 bits per heavy atom. The lowest BCUT2D eigenvalue weighted by Gasteiger charge is -2.21. The van der Waals surface area contributed by atoms with Crippen molar-refractivity contribution in [2.45, 2.75) is 19.9 Å². The summed E-state index contributed by atoms with van der Waals surface area (Å²) in [5.41, 5.74) is 1.03. The summed E-state index contributed by atoms with van der Waals surface area (Å²) in [6, 6.07) is 8.30. The van der Waals surface area contributed by atoms with Gasteiger partial charge in [0.2, 0.25) is 0 Å². The predicted octanol–water partition coefficient (Wildman–Crippen LogP) is 3.01. The first-order valence-corrected chi connectivity index (χ1v) is 7.70. The van der Waals surface area contributed by atoms with E-state index in [0.717, 1.165) is 17.1 Å². The molecule has 1 N–H and O–H groups in total. The Morgan fingerprint density at radius 3 is 2.85 bits per heavy atom. The SMILES string of the molecule is CC(c1nc2ccccc2s1)N1C[C@@H](C)[C@H](C(=O)O)C1. The molecule has 2 heterocycles. The number of benzene rings is 1. The Bertz CT molecular complexity index is 607. The van der Waals surface area contributed by atoms with Crippen molar-refractivity contribution in [1.82, 2.24) is 9.88 Å². The van der Waals surface area contributed by atoms with Gasteiger partial charge in [0.1, 0.15) is 5.01 Å². The van der Waals surface area contributed by atoms with Gasteiger partial charge < -0.3 is 5.11 Å². The van der Waals surface area contributed by atoms with Gasteiger partial charge >= 0.3 is 5.97 Å². The number of fused-ring (bicyclic) bond motifs is 1. The van der Waals surface area contributed by atoms with E-state index in [4.69, 9.17) is 0 Å². The fourth-order valence-corrected chi connectivity index (χ4v) is 3.92. The fraction of sp³-hybridized carbons (Fsp3) is 0.467. The molecule has 1 fully saturated rings. The van der Waals surface area contributed by atoms with Crippen LogP contribution in [0.25, 0.3) is 10.2 Å². The number of nitrogens with zero attached hydrogens (tertiary/aromatic N) is 2. The van der Waals surface area contributed by atoms with Crippen molar-refractivity contribution in [1.29, 1.82) is 0 Å². The van der Waals surface area contributed by atoms with Crippen molar-refractivity contribution in [3.05, 3.63) is 29.3 Å². The maximum atomic E-state index is 11.2. The lowest BCUT2D eigenvalue weighted by Crippen LogP contribution is -2.26. The van der Waals surface area contributed by atoms with Crippen molar-refractivity contribution in [3.8, 4) is 0 Å². The molecule has 3 rings (SSSR count). The molecule has 4 nitrogen and oxygen atoms in total. The summed E-state index contributed by atoms with van der Waals surface area (Å²) in [5, 5.41) is 10.3. The van der Waals surface area contributed by atoms with Crippen LogP contribution in [0.15, 0.2) is 24.3 Å². The van der Waals surface area contributed by atoms with Crippen LogP contribution in [-0.2, 0) is 4.79 Å². The van der Waals surface area contributed by atoms with Crippen LogP contribution in [0.1, 0.15) is 24.9 Å². The van der Waals surface area contributed by atoms with E-state index in [2.05, 4.69) is 22.9 Å². The van der Waals surface area contributed by atoms with E-state index < -0.39 is 5.97 Å². The highest BCUT2D eigenvalue weighted by Gasteiger charge is 2.37. The Balaban J connectivity index is 1.82. The second-order valence-electron chi connectivity index (χ2n) is 5.57. The number of hydrogen-bond acceptors (Lipinski definition) is 4. The Hall–Kier alpha value is -1.46. The standard InChI is InChI=1S/C15H18N2O2S/c1-9-7-17(8-11(9)15(18)19)10(2)14-16-12-5-3-4-6-13(12)20-14/h3-6,9-11H,7-8H2,1-2H3,(H,18,19)/t9-,10?,11-/m1/s1. The van der Waals surface area contributed by atoms with Crippen LogP contribution in [0.4, 0.5) is 0 Å². The molecule has 1 aliphatic rings. The average Bonchev–Trinajstić information content (AvgIpc) is 3.01. The van der Waals surface area contributed by atoms with Gasteiger partial charge in [-0.05, 0) is 25.0 Å². The monoisotopic (exact) mass is 290 g/mol. The van der Waals surface area contributed by atoms with Gasteiger partial charge in [0.25, 0.3) is 0 Å². The molecule has 0 spiro atoms. The highest BCUT2D eigenvalue weighted by atomic mass is 32.1. The minimum atomic E-state index is -0.684. The molecule has 3 atom stereocenters.